The molecule has 3 fully saturated rings. The fraction of sp³-hybridized carbons (Fsp3) is 0.929. The van der Waals surface area contributed by atoms with Crippen molar-refractivity contribution in [2.24, 2.45) is 5.92 Å². The van der Waals surface area contributed by atoms with Gasteiger partial charge in [0.25, 0.3) is 0 Å². The molecule has 6 nitrogen and oxygen atoms in total. The van der Waals surface area contributed by atoms with Gasteiger partial charge in [-0.15, -0.1) is 0 Å². The molecule has 1 N–H and O–H groups in total. The van der Waals surface area contributed by atoms with Crippen LogP contribution in [-0.2, 0) is 24.3 Å². The summed E-state index contributed by atoms with van der Waals surface area (Å²) in [5, 5.41) is 8.82. The van der Waals surface area contributed by atoms with Crippen molar-refractivity contribution in [2.75, 3.05) is 0 Å². The SMILES string of the molecule is O=C(O)CC1CCC2(CC1)OOC1(CCCCC1)OO2. The first-order chi connectivity index (χ1) is 9.62. The third kappa shape index (κ3) is 2.98. The van der Waals surface area contributed by atoms with Gasteiger partial charge in [0.15, 0.2) is 0 Å². The van der Waals surface area contributed by atoms with Gasteiger partial charge in [-0.3, -0.25) is 4.79 Å². The Morgan fingerprint density at radius 1 is 0.900 bits per heavy atom. The summed E-state index contributed by atoms with van der Waals surface area (Å²) in [5.74, 6) is -2.11. The van der Waals surface area contributed by atoms with E-state index in [0.717, 1.165) is 38.5 Å². The Bertz CT molecular complexity index is 343. The molecule has 3 aliphatic rings. The van der Waals surface area contributed by atoms with Gasteiger partial charge in [0, 0.05) is 32.1 Å². The minimum Gasteiger partial charge on any atom is -0.481 e. The van der Waals surface area contributed by atoms with Gasteiger partial charge < -0.3 is 5.11 Å². The van der Waals surface area contributed by atoms with Crippen molar-refractivity contribution in [3.63, 3.8) is 0 Å². The normalized spacial score (nSPS) is 29.6. The summed E-state index contributed by atoms with van der Waals surface area (Å²) >= 11 is 0. The van der Waals surface area contributed by atoms with Crippen LogP contribution < -0.4 is 0 Å². The first-order valence-corrected chi connectivity index (χ1v) is 7.57. The van der Waals surface area contributed by atoms with Crippen LogP contribution in [0, 0.1) is 5.92 Å². The molecule has 20 heavy (non-hydrogen) atoms. The Hall–Kier alpha value is -0.690. The lowest BCUT2D eigenvalue weighted by atomic mass is 9.83. The van der Waals surface area contributed by atoms with Gasteiger partial charge in [0.2, 0.25) is 11.6 Å². The Labute approximate surface area is 118 Å². The van der Waals surface area contributed by atoms with Crippen molar-refractivity contribution in [3.8, 4) is 0 Å². The van der Waals surface area contributed by atoms with E-state index in [1.165, 1.54) is 6.42 Å². The van der Waals surface area contributed by atoms with Crippen LogP contribution in [0.15, 0.2) is 0 Å². The second-order valence-electron chi connectivity index (χ2n) is 6.26. The Kier molecular flexibility index (Phi) is 3.99. The maximum Gasteiger partial charge on any atom is 0.303 e. The predicted octanol–water partition coefficient (Wildman–Crippen LogP) is 2.92. The molecule has 0 bridgehead atoms. The van der Waals surface area contributed by atoms with E-state index in [0.29, 0.717) is 12.8 Å². The van der Waals surface area contributed by atoms with E-state index in [9.17, 15) is 4.79 Å². The van der Waals surface area contributed by atoms with Crippen molar-refractivity contribution >= 4 is 5.97 Å². The van der Waals surface area contributed by atoms with E-state index in [1.54, 1.807) is 0 Å². The molecule has 0 aromatic carbocycles. The first-order valence-electron chi connectivity index (χ1n) is 7.57. The lowest BCUT2D eigenvalue weighted by Gasteiger charge is -2.46. The monoisotopic (exact) mass is 286 g/mol. The van der Waals surface area contributed by atoms with Crippen molar-refractivity contribution in [2.45, 2.75) is 75.8 Å². The third-order valence-electron chi connectivity index (χ3n) is 4.64. The molecular formula is C14H22O6. The fourth-order valence-electron chi connectivity index (χ4n) is 3.32. The van der Waals surface area contributed by atoms with Crippen LogP contribution in [-0.4, -0.2) is 22.7 Å². The maximum atomic E-state index is 10.7. The highest BCUT2D eigenvalue weighted by molar-refractivity contribution is 5.67. The molecule has 0 radical (unpaired) electrons. The molecule has 0 amide bonds. The molecule has 0 unspecified atom stereocenters. The Morgan fingerprint density at radius 3 is 1.90 bits per heavy atom. The van der Waals surface area contributed by atoms with E-state index in [1.807, 2.05) is 0 Å². The van der Waals surface area contributed by atoms with Crippen LogP contribution in [0.5, 0.6) is 0 Å². The van der Waals surface area contributed by atoms with Crippen molar-refractivity contribution in [1.82, 2.24) is 0 Å². The first kappa shape index (κ1) is 14.3. The number of carboxylic acid groups (broad SMARTS) is 1. The summed E-state index contributed by atoms with van der Waals surface area (Å²) in [4.78, 5) is 32.9. The van der Waals surface area contributed by atoms with Crippen LogP contribution in [0.3, 0.4) is 0 Å². The Balaban J connectivity index is 1.52. The van der Waals surface area contributed by atoms with Gasteiger partial charge in [-0.1, -0.05) is 6.42 Å². The number of aliphatic carboxylic acids is 1. The van der Waals surface area contributed by atoms with E-state index < -0.39 is 17.5 Å². The molecular weight excluding hydrogens is 264 g/mol. The minimum atomic E-state index is -0.836. The molecule has 1 saturated heterocycles. The van der Waals surface area contributed by atoms with Crippen molar-refractivity contribution in [1.29, 1.82) is 0 Å². The van der Waals surface area contributed by atoms with Gasteiger partial charge in [-0.2, -0.15) is 19.6 Å². The molecule has 2 spiro atoms. The highest BCUT2D eigenvalue weighted by Crippen LogP contribution is 2.45. The van der Waals surface area contributed by atoms with E-state index in [-0.39, 0.29) is 12.3 Å². The average molecular weight is 286 g/mol. The van der Waals surface area contributed by atoms with Crippen LogP contribution >= 0.6 is 0 Å². The van der Waals surface area contributed by atoms with Crippen LogP contribution in [0.25, 0.3) is 0 Å². The largest absolute Gasteiger partial charge is 0.481 e. The number of carboxylic acids is 1. The van der Waals surface area contributed by atoms with Gasteiger partial charge in [-0.25, -0.2) is 0 Å². The molecule has 0 atom stereocenters. The van der Waals surface area contributed by atoms with E-state index >= 15 is 0 Å². The zero-order valence-corrected chi connectivity index (χ0v) is 11.6. The molecule has 3 rings (SSSR count). The fourth-order valence-corrected chi connectivity index (χ4v) is 3.32. The van der Waals surface area contributed by atoms with Crippen molar-refractivity contribution < 1.29 is 29.5 Å². The lowest BCUT2D eigenvalue weighted by Crippen LogP contribution is -2.52. The van der Waals surface area contributed by atoms with Crippen molar-refractivity contribution in [3.05, 3.63) is 0 Å². The molecule has 2 saturated carbocycles. The highest BCUT2D eigenvalue weighted by Gasteiger charge is 2.50. The summed E-state index contributed by atoms with van der Waals surface area (Å²) in [6.45, 7) is 0. The summed E-state index contributed by atoms with van der Waals surface area (Å²) in [5.41, 5.74) is 0. The van der Waals surface area contributed by atoms with Gasteiger partial charge in [0.1, 0.15) is 0 Å². The topological polar surface area (TPSA) is 74.2 Å². The highest BCUT2D eigenvalue weighted by atomic mass is 17.4. The summed E-state index contributed by atoms with van der Waals surface area (Å²) < 4.78 is 0. The van der Waals surface area contributed by atoms with E-state index in [2.05, 4.69) is 0 Å². The third-order valence-corrected chi connectivity index (χ3v) is 4.64. The molecule has 0 aromatic heterocycles. The standard InChI is InChI=1S/C14H22O6/c15-12(16)10-11-4-8-14(9-5-11)19-17-13(18-20-14)6-2-1-3-7-13/h11H,1-10H2,(H,15,16). The second-order valence-corrected chi connectivity index (χ2v) is 6.26. The number of rotatable bonds is 2. The van der Waals surface area contributed by atoms with Crippen LogP contribution in [0.2, 0.25) is 0 Å². The quantitative estimate of drug-likeness (QED) is 0.787. The van der Waals surface area contributed by atoms with Gasteiger partial charge in [-0.05, 0) is 31.6 Å². The number of carbonyl (C=O) groups is 1. The summed E-state index contributed by atoms with van der Waals surface area (Å²) in [6, 6.07) is 0. The smallest absolute Gasteiger partial charge is 0.303 e. The lowest BCUT2D eigenvalue weighted by molar-refractivity contribution is -0.663. The maximum absolute atomic E-state index is 10.7. The van der Waals surface area contributed by atoms with Crippen LogP contribution in [0.4, 0.5) is 0 Å². The van der Waals surface area contributed by atoms with Gasteiger partial charge in [0.05, 0.1) is 0 Å². The van der Waals surface area contributed by atoms with E-state index in [4.69, 9.17) is 24.7 Å². The zero-order chi connectivity index (χ0) is 14.1. The molecule has 1 aliphatic heterocycles. The summed E-state index contributed by atoms with van der Waals surface area (Å²) in [7, 11) is 0. The second kappa shape index (κ2) is 5.60. The van der Waals surface area contributed by atoms with Gasteiger partial charge >= 0.3 is 5.97 Å². The van der Waals surface area contributed by atoms with Crippen LogP contribution in [0.1, 0.15) is 64.2 Å². The Morgan fingerprint density at radius 2 is 1.40 bits per heavy atom. The molecule has 114 valence electrons. The molecule has 1 heterocycles. The number of hydrogen-bond acceptors (Lipinski definition) is 5. The number of hydrogen-bond donors (Lipinski definition) is 1. The minimum absolute atomic E-state index is 0.191. The molecule has 0 aromatic rings. The molecule has 6 heteroatoms. The average Bonchev–Trinajstić information content (AvgIpc) is 2.46. The molecule has 2 aliphatic carbocycles. The zero-order valence-electron chi connectivity index (χ0n) is 11.6. The predicted molar refractivity (Wildman–Crippen MR) is 67.1 cm³/mol. The summed E-state index contributed by atoms with van der Waals surface area (Å²) in [6.07, 6.45) is 7.84.